The molecule has 0 aliphatic rings. The van der Waals surface area contributed by atoms with Crippen molar-refractivity contribution in [3.63, 3.8) is 0 Å². The van der Waals surface area contributed by atoms with Crippen LogP contribution in [0.4, 0.5) is 4.39 Å². The average molecular weight is 312 g/mol. The summed E-state index contributed by atoms with van der Waals surface area (Å²) in [4.78, 5) is 0. The van der Waals surface area contributed by atoms with Crippen LogP contribution in [-0.4, -0.2) is 23.2 Å². The van der Waals surface area contributed by atoms with E-state index in [-0.39, 0.29) is 22.5 Å². The maximum atomic E-state index is 14.1. The summed E-state index contributed by atoms with van der Waals surface area (Å²) in [6, 6.07) is 4.64. The summed E-state index contributed by atoms with van der Waals surface area (Å²) in [5.74, 6) is -0.202. The molecule has 2 N–H and O–H groups in total. The molecule has 8 heteroatoms. The van der Waals surface area contributed by atoms with Crippen molar-refractivity contribution >= 4 is 10.0 Å². The summed E-state index contributed by atoms with van der Waals surface area (Å²) >= 11 is 0. The summed E-state index contributed by atoms with van der Waals surface area (Å²) in [6.07, 6.45) is 0. The quantitative estimate of drug-likeness (QED) is 0.930. The molecule has 0 bridgehead atoms. The molecule has 114 valence electrons. The van der Waals surface area contributed by atoms with Gasteiger partial charge in [0.05, 0.1) is 5.56 Å². The van der Waals surface area contributed by atoms with E-state index in [4.69, 9.17) is 5.14 Å². The van der Waals surface area contributed by atoms with Gasteiger partial charge in [0.25, 0.3) is 15.2 Å². The highest BCUT2D eigenvalue weighted by molar-refractivity contribution is 7.89. The van der Waals surface area contributed by atoms with Crippen molar-refractivity contribution in [2.75, 3.05) is 0 Å². The molecule has 0 radical (unpaired) electrons. The third-order valence-electron chi connectivity index (χ3n) is 2.88. The van der Waals surface area contributed by atoms with E-state index in [0.717, 1.165) is 5.56 Å². The number of halogens is 1. The molecule has 0 aliphatic carbocycles. The lowest BCUT2D eigenvalue weighted by Gasteiger charge is -2.12. The number of nitrogens with two attached hydrogens (primary N) is 1. The number of sulfonamides is 1. The van der Waals surface area contributed by atoms with Gasteiger partial charge in [0, 0.05) is 6.54 Å². The summed E-state index contributed by atoms with van der Waals surface area (Å²) in [6.45, 7) is 5.90. The molecule has 0 fully saturated rings. The lowest BCUT2D eigenvalue weighted by atomic mass is 10.1. The van der Waals surface area contributed by atoms with Gasteiger partial charge in [-0.15, -0.1) is 10.2 Å². The molecule has 0 spiro atoms. The summed E-state index contributed by atoms with van der Waals surface area (Å²) in [5.41, 5.74) is 0.960. The molecule has 0 saturated carbocycles. The van der Waals surface area contributed by atoms with E-state index in [1.807, 2.05) is 13.8 Å². The van der Waals surface area contributed by atoms with Gasteiger partial charge >= 0.3 is 0 Å². The second-order valence-corrected chi connectivity index (χ2v) is 6.79. The molecular weight excluding hydrogens is 295 g/mol. The fourth-order valence-corrected chi connectivity index (χ4v) is 2.65. The van der Waals surface area contributed by atoms with E-state index in [1.165, 1.54) is 10.6 Å². The molecule has 0 amide bonds. The Labute approximate surface area is 122 Å². The van der Waals surface area contributed by atoms with Crippen molar-refractivity contribution in [3.8, 4) is 11.4 Å². The number of hydrogen-bond acceptors (Lipinski definition) is 4. The van der Waals surface area contributed by atoms with E-state index in [2.05, 4.69) is 10.2 Å². The maximum Gasteiger partial charge on any atom is 0.273 e. The molecule has 2 aromatic rings. The summed E-state index contributed by atoms with van der Waals surface area (Å²) in [5, 5.41) is 12.2. The van der Waals surface area contributed by atoms with E-state index < -0.39 is 15.8 Å². The Kier molecular flexibility index (Phi) is 4.11. The first-order valence-electron chi connectivity index (χ1n) is 6.42. The molecule has 1 aromatic heterocycles. The van der Waals surface area contributed by atoms with Crippen LogP contribution in [0.2, 0.25) is 0 Å². The number of nitrogens with zero attached hydrogens (tertiary/aromatic N) is 3. The molecule has 0 aliphatic heterocycles. The van der Waals surface area contributed by atoms with Gasteiger partial charge in [-0.3, -0.25) is 4.57 Å². The fourth-order valence-electron chi connectivity index (χ4n) is 2.03. The lowest BCUT2D eigenvalue weighted by molar-refractivity contribution is 0.485. The van der Waals surface area contributed by atoms with Gasteiger partial charge in [0.1, 0.15) is 5.82 Å². The van der Waals surface area contributed by atoms with E-state index >= 15 is 0 Å². The third kappa shape index (κ3) is 3.27. The van der Waals surface area contributed by atoms with Crippen molar-refractivity contribution in [3.05, 3.63) is 29.6 Å². The minimum Gasteiger partial charge on any atom is -0.296 e. The minimum atomic E-state index is -4.02. The van der Waals surface area contributed by atoms with Crippen LogP contribution in [0.1, 0.15) is 19.4 Å². The lowest BCUT2D eigenvalue weighted by Crippen LogP contribution is -2.20. The van der Waals surface area contributed by atoms with Crippen LogP contribution in [-0.2, 0) is 16.6 Å². The minimum absolute atomic E-state index is 0.119. The van der Waals surface area contributed by atoms with E-state index in [0.29, 0.717) is 6.54 Å². The zero-order valence-corrected chi connectivity index (χ0v) is 12.9. The number of aromatic nitrogens is 3. The molecule has 21 heavy (non-hydrogen) atoms. The normalized spacial score (nSPS) is 12.1. The van der Waals surface area contributed by atoms with Gasteiger partial charge in [-0.2, -0.15) is 0 Å². The van der Waals surface area contributed by atoms with Crippen LogP contribution in [0.5, 0.6) is 0 Å². The standard InChI is InChI=1S/C13H17FN4O2S/c1-8(2)7-18-12(16-17-13(18)21(15,19)20)10-5-4-9(3)6-11(10)14/h4-6,8H,7H2,1-3H3,(H2,15,19,20). The second kappa shape index (κ2) is 5.53. The molecule has 0 atom stereocenters. The van der Waals surface area contributed by atoms with Crippen molar-refractivity contribution in [1.29, 1.82) is 0 Å². The molecular formula is C13H17FN4O2S. The number of primary sulfonamides is 1. The molecule has 0 saturated heterocycles. The highest BCUT2D eigenvalue weighted by Crippen LogP contribution is 2.24. The monoisotopic (exact) mass is 312 g/mol. The zero-order chi connectivity index (χ0) is 15.8. The highest BCUT2D eigenvalue weighted by atomic mass is 32.2. The number of hydrogen-bond donors (Lipinski definition) is 1. The largest absolute Gasteiger partial charge is 0.296 e. The van der Waals surface area contributed by atoms with Gasteiger partial charge < -0.3 is 0 Å². The van der Waals surface area contributed by atoms with Crippen LogP contribution in [0.15, 0.2) is 23.4 Å². The van der Waals surface area contributed by atoms with Gasteiger partial charge in [-0.25, -0.2) is 17.9 Å². The molecule has 1 heterocycles. The Bertz CT molecular complexity index is 768. The van der Waals surface area contributed by atoms with Crippen molar-refractivity contribution in [1.82, 2.24) is 14.8 Å². The van der Waals surface area contributed by atoms with Crippen molar-refractivity contribution in [2.45, 2.75) is 32.5 Å². The van der Waals surface area contributed by atoms with Crippen LogP contribution < -0.4 is 5.14 Å². The fraction of sp³-hybridized carbons (Fsp3) is 0.385. The van der Waals surface area contributed by atoms with Gasteiger partial charge in [0.15, 0.2) is 5.82 Å². The Balaban J connectivity index is 2.66. The number of rotatable bonds is 4. The average Bonchev–Trinajstić information content (AvgIpc) is 2.71. The predicted molar refractivity (Wildman–Crippen MR) is 76.4 cm³/mol. The Morgan fingerprint density at radius 2 is 2.00 bits per heavy atom. The zero-order valence-electron chi connectivity index (χ0n) is 12.0. The third-order valence-corrected chi connectivity index (χ3v) is 3.70. The van der Waals surface area contributed by atoms with E-state index in [1.54, 1.807) is 19.1 Å². The Morgan fingerprint density at radius 3 is 2.52 bits per heavy atom. The first-order chi connectivity index (χ1) is 9.70. The van der Waals surface area contributed by atoms with Gasteiger partial charge in [-0.1, -0.05) is 19.9 Å². The van der Waals surface area contributed by atoms with Crippen LogP contribution >= 0.6 is 0 Å². The first kappa shape index (κ1) is 15.6. The SMILES string of the molecule is Cc1ccc(-c2nnc(S(N)(=O)=O)n2CC(C)C)c(F)c1. The smallest absolute Gasteiger partial charge is 0.273 e. The van der Waals surface area contributed by atoms with Crippen LogP contribution in [0.3, 0.4) is 0 Å². The molecule has 6 nitrogen and oxygen atoms in total. The van der Waals surface area contributed by atoms with Crippen LogP contribution in [0, 0.1) is 18.7 Å². The second-order valence-electron chi connectivity index (χ2n) is 5.34. The molecule has 2 rings (SSSR count). The predicted octanol–water partition coefficient (Wildman–Crippen LogP) is 1.70. The van der Waals surface area contributed by atoms with E-state index in [9.17, 15) is 12.8 Å². The molecule has 1 aromatic carbocycles. The topological polar surface area (TPSA) is 90.9 Å². The molecule has 0 unspecified atom stereocenters. The van der Waals surface area contributed by atoms with Crippen LogP contribution in [0.25, 0.3) is 11.4 Å². The summed E-state index contributed by atoms with van der Waals surface area (Å²) < 4.78 is 38.6. The Hall–Kier alpha value is -1.80. The number of aryl methyl sites for hydroxylation is 1. The maximum absolute atomic E-state index is 14.1. The first-order valence-corrected chi connectivity index (χ1v) is 7.97. The number of benzene rings is 1. The summed E-state index contributed by atoms with van der Waals surface area (Å²) in [7, 11) is -4.02. The Morgan fingerprint density at radius 1 is 1.33 bits per heavy atom. The van der Waals surface area contributed by atoms with Gasteiger partial charge in [0.2, 0.25) is 0 Å². The van der Waals surface area contributed by atoms with Crippen molar-refractivity contribution in [2.24, 2.45) is 11.1 Å². The van der Waals surface area contributed by atoms with Gasteiger partial charge in [-0.05, 0) is 30.5 Å². The van der Waals surface area contributed by atoms with Crippen molar-refractivity contribution < 1.29 is 12.8 Å². The highest BCUT2D eigenvalue weighted by Gasteiger charge is 2.24.